The molecule has 0 aliphatic heterocycles. The van der Waals surface area contributed by atoms with Crippen LogP contribution in [0.1, 0.15) is 39.2 Å². The molecule has 7 heteroatoms. The number of benzene rings is 3. The average molecular weight is 550 g/mol. The van der Waals surface area contributed by atoms with Crippen LogP contribution in [0.2, 0.25) is 5.04 Å². The Labute approximate surface area is 232 Å². The molecular weight excluding hydrogens is 510 g/mol. The van der Waals surface area contributed by atoms with Gasteiger partial charge in [-0.1, -0.05) is 99.1 Å². The summed E-state index contributed by atoms with van der Waals surface area (Å²) in [4.78, 5) is 24.5. The smallest absolute Gasteiger partial charge is 0.261 e. The van der Waals surface area contributed by atoms with Gasteiger partial charge < -0.3 is 9.22 Å². The molecule has 0 saturated carbocycles. The number of aryl methyl sites for hydroxylation is 1. The van der Waals surface area contributed by atoms with E-state index in [0.717, 1.165) is 16.9 Å². The number of rotatable bonds is 14. The number of carbonyl (C=O) groups is 1. The van der Waals surface area contributed by atoms with Crippen LogP contribution in [-0.4, -0.2) is 38.4 Å². The van der Waals surface area contributed by atoms with Crippen molar-refractivity contribution in [1.82, 2.24) is 0 Å². The van der Waals surface area contributed by atoms with Gasteiger partial charge in [-0.05, 0) is 53.1 Å². The zero-order chi connectivity index (χ0) is 27.6. The van der Waals surface area contributed by atoms with Gasteiger partial charge >= 0.3 is 0 Å². The molecule has 0 aromatic heterocycles. The minimum atomic E-state index is -2.74. The molecule has 3 aromatic rings. The molecule has 3 aromatic carbocycles. The Morgan fingerprint density at radius 2 is 1.47 bits per heavy atom. The molecule has 202 valence electrons. The molecule has 38 heavy (non-hydrogen) atoms. The van der Waals surface area contributed by atoms with Crippen LogP contribution >= 0.6 is 11.8 Å². The van der Waals surface area contributed by atoms with Gasteiger partial charge in [0.15, 0.2) is 0 Å². The van der Waals surface area contributed by atoms with Crippen LogP contribution in [0, 0.1) is 28.9 Å². The van der Waals surface area contributed by atoms with Gasteiger partial charge in [0.2, 0.25) is 6.54 Å². The van der Waals surface area contributed by atoms with Gasteiger partial charge in [-0.2, -0.15) is 0 Å². The van der Waals surface area contributed by atoms with Crippen molar-refractivity contribution in [3.05, 3.63) is 101 Å². The van der Waals surface area contributed by atoms with Crippen molar-refractivity contribution in [3.8, 4) is 0 Å². The van der Waals surface area contributed by atoms with Gasteiger partial charge in [0, 0.05) is 28.3 Å². The molecule has 0 unspecified atom stereocenters. The van der Waals surface area contributed by atoms with E-state index in [1.807, 2.05) is 43.3 Å². The average Bonchev–Trinajstić information content (AvgIpc) is 2.90. The van der Waals surface area contributed by atoms with Gasteiger partial charge in [-0.15, -0.1) is 11.8 Å². The van der Waals surface area contributed by atoms with Crippen LogP contribution in [0.4, 0.5) is 0 Å². The molecular formula is C31H39NO4SSi. The number of aldehydes is 1. The summed E-state index contributed by atoms with van der Waals surface area (Å²) in [6.07, 6.45) is 1.97. The Bertz CT molecular complexity index is 1110. The first-order chi connectivity index (χ1) is 18.2. The predicted octanol–water partition coefficient (Wildman–Crippen LogP) is 6.15. The highest BCUT2D eigenvalue weighted by atomic mass is 32.2. The lowest BCUT2D eigenvalue weighted by atomic mass is 9.89. The molecule has 3 rings (SSSR count). The molecule has 0 bridgehead atoms. The Kier molecular flexibility index (Phi) is 10.9. The first-order valence-corrected chi connectivity index (χ1v) is 16.1. The molecule has 0 spiro atoms. The van der Waals surface area contributed by atoms with E-state index in [9.17, 15) is 14.9 Å². The lowest BCUT2D eigenvalue weighted by molar-refractivity contribution is -0.489. The summed E-state index contributed by atoms with van der Waals surface area (Å²) in [7, 11) is -2.74. The fourth-order valence-corrected chi connectivity index (χ4v) is 10.7. The zero-order valence-electron chi connectivity index (χ0n) is 22.8. The highest BCUT2D eigenvalue weighted by molar-refractivity contribution is 7.99. The minimum absolute atomic E-state index is 0.178. The van der Waals surface area contributed by atoms with Crippen LogP contribution in [0.3, 0.4) is 0 Å². The van der Waals surface area contributed by atoms with E-state index in [1.54, 1.807) is 11.8 Å². The number of nitrogens with zero attached hydrogens (tertiary/aromatic N) is 1. The maximum atomic E-state index is 12.1. The first kappa shape index (κ1) is 29.8. The van der Waals surface area contributed by atoms with Crippen LogP contribution in [0.15, 0.2) is 89.8 Å². The second-order valence-electron chi connectivity index (χ2n) is 10.8. The lowest BCUT2D eigenvalue weighted by Crippen LogP contribution is -2.66. The summed E-state index contributed by atoms with van der Waals surface area (Å²) in [5.41, 5.74) is 1.20. The highest BCUT2D eigenvalue weighted by Crippen LogP contribution is 2.37. The molecule has 0 N–H and O–H groups in total. The number of hydrogen-bond acceptors (Lipinski definition) is 5. The van der Waals surface area contributed by atoms with E-state index >= 15 is 0 Å². The number of hydrogen-bond donors (Lipinski definition) is 0. The Balaban J connectivity index is 1.79. The summed E-state index contributed by atoms with van der Waals surface area (Å²) in [6.45, 7) is 8.82. The third-order valence-corrected chi connectivity index (χ3v) is 13.2. The number of thioether (sulfide) groups is 1. The summed E-state index contributed by atoms with van der Waals surface area (Å²) in [5, 5.41) is 13.7. The van der Waals surface area contributed by atoms with Crippen LogP contribution in [0.5, 0.6) is 0 Å². The third-order valence-electron chi connectivity index (χ3n) is 7.13. The lowest BCUT2D eigenvalue weighted by Gasteiger charge is -2.43. The van der Waals surface area contributed by atoms with E-state index in [1.165, 1.54) is 15.9 Å². The largest absolute Gasteiger partial charge is 0.407 e. The standard InChI is InChI=1S/C31H39NO4SSi/c1-25-15-17-28(18-16-25)37-22-20-27(24-33)26(23-32(34)35)19-21-36-38(31(2,3)4,29-11-7-5-8-12-29)30-13-9-6-10-14-30/h5-18,24,26-27H,19-23H2,1-4H3/t26-,27-/m0/s1. The zero-order valence-corrected chi connectivity index (χ0v) is 24.7. The maximum Gasteiger partial charge on any atom is 0.261 e. The van der Waals surface area contributed by atoms with Gasteiger partial charge in [0.05, 0.1) is 0 Å². The van der Waals surface area contributed by atoms with Crippen molar-refractivity contribution in [2.24, 2.45) is 11.8 Å². The Morgan fingerprint density at radius 1 is 0.921 bits per heavy atom. The molecule has 5 nitrogen and oxygen atoms in total. The second kappa shape index (κ2) is 13.9. The Hall–Kier alpha value is -2.74. The van der Waals surface area contributed by atoms with Crippen LogP contribution in [-0.2, 0) is 9.22 Å². The normalized spacial score (nSPS) is 13.6. The van der Waals surface area contributed by atoms with Gasteiger partial charge in [0.25, 0.3) is 8.32 Å². The van der Waals surface area contributed by atoms with Crippen molar-refractivity contribution >= 4 is 36.7 Å². The second-order valence-corrected chi connectivity index (χ2v) is 16.3. The SMILES string of the molecule is Cc1ccc(SCC[C@@H](C=O)[C@@H](CCO[Si](c2ccccc2)(c2ccccc2)C(C)(C)C)C[N+](=O)[O-])cc1. The molecule has 0 aliphatic rings. The summed E-state index contributed by atoms with van der Waals surface area (Å²) >= 11 is 1.68. The third kappa shape index (κ3) is 7.65. The molecule has 0 heterocycles. The van der Waals surface area contributed by atoms with Crippen molar-refractivity contribution in [3.63, 3.8) is 0 Å². The topological polar surface area (TPSA) is 69.4 Å². The van der Waals surface area contributed by atoms with E-state index in [4.69, 9.17) is 4.43 Å². The van der Waals surface area contributed by atoms with Crippen molar-refractivity contribution in [2.75, 3.05) is 18.9 Å². The predicted molar refractivity (Wildman–Crippen MR) is 160 cm³/mol. The minimum Gasteiger partial charge on any atom is -0.407 e. The first-order valence-electron chi connectivity index (χ1n) is 13.2. The van der Waals surface area contributed by atoms with Crippen molar-refractivity contribution in [1.29, 1.82) is 0 Å². The van der Waals surface area contributed by atoms with Crippen LogP contribution < -0.4 is 10.4 Å². The quantitative estimate of drug-likeness (QED) is 0.0793. The van der Waals surface area contributed by atoms with Gasteiger partial charge in [0.1, 0.15) is 6.29 Å². The highest BCUT2D eigenvalue weighted by Gasteiger charge is 2.50. The van der Waals surface area contributed by atoms with Gasteiger partial charge in [-0.25, -0.2) is 0 Å². The molecule has 0 saturated heterocycles. The maximum absolute atomic E-state index is 12.1. The summed E-state index contributed by atoms with van der Waals surface area (Å²) < 4.78 is 6.95. The monoisotopic (exact) mass is 549 g/mol. The molecule has 0 aliphatic carbocycles. The fraction of sp³-hybridized carbons (Fsp3) is 0.387. The van der Waals surface area contributed by atoms with Gasteiger partial charge in [-0.3, -0.25) is 10.1 Å². The molecule has 0 amide bonds. The molecule has 0 radical (unpaired) electrons. The Morgan fingerprint density at radius 3 is 1.95 bits per heavy atom. The van der Waals surface area contributed by atoms with E-state index < -0.39 is 8.32 Å². The van der Waals surface area contributed by atoms with Crippen molar-refractivity contribution in [2.45, 2.75) is 50.5 Å². The van der Waals surface area contributed by atoms with Crippen molar-refractivity contribution < 1.29 is 14.1 Å². The van der Waals surface area contributed by atoms with E-state index in [2.05, 4.69) is 69.3 Å². The summed E-state index contributed by atoms with van der Waals surface area (Å²) in [6, 6.07) is 29.0. The number of nitro groups is 1. The fourth-order valence-electron chi connectivity index (χ4n) is 5.12. The van der Waals surface area contributed by atoms with E-state index in [-0.39, 0.29) is 28.3 Å². The number of carbonyl (C=O) groups excluding carboxylic acids is 1. The van der Waals surface area contributed by atoms with Crippen LogP contribution in [0.25, 0.3) is 0 Å². The summed E-state index contributed by atoms with van der Waals surface area (Å²) in [5.74, 6) is -0.0311. The van der Waals surface area contributed by atoms with E-state index in [0.29, 0.717) is 19.4 Å². The molecule has 2 atom stereocenters. The molecule has 0 fully saturated rings.